The molecular weight excluding hydrogens is 174 g/mol. The molecule has 3 unspecified atom stereocenters. The minimum atomic E-state index is 0.226. The van der Waals surface area contributed by atoms with E-state index in [1.54, 1.807) is 0 Å². The zero-order chi connectivity index (χ0) is 9.54. The summed E-state index contributed by atoms with van der Waals surface area (Å²) >= 11 is 0. The van der Waals surface area contributed by atoms with Gasteiger partial charge in [0.05, 0.1) is 6.61 Å². The second kappa shape index (κ2) is 2.99. The Kier molecular flexibility index (Phi) is 1.77. The van der Waals surface area contributed by atoms with Crippen molar-refractivity contribution in [1.82, 2.24) is 0 Å². The van der Waals surface area contributed by atoms with E-state index in [-0.39, 0.29) is 6.23 Å². The summed E-state index contributed by atoms with van der Waals surface area (Å²) in [4.78, 5) is 0. The molecule has 0 amide bonds. The van der Waals surface area contributed by atoms with Gasteiger partial charge < -0.3 is 10.1 Å². The number of benzene rings is 1. The third-order valence-corrected chi connectivity index (χ3v) is 3.24. The first-order valence-electron chi connectivity index (χ1n) is 5.31. The molecule has 0 spiro atoms. The molecule has 14 heavy (non-hydrogen) atoms. The maximum absolute atomic E-state index is 5.79. The van der Waals surface area contributed by atoms with Crippen LogP contribution in [-0.4, -0.2) is 12.8 Å². The number of rotatable bonds is 0. The van der Waals surface area contributed by atoms with Crippen LogP contribution >= 0.6 is 0 Å². The van der Waals surface area contributed by atoms with Crippen LogP contribution in [0.3, 0.4) is 0 Å². The van der Waals surface area contributed by atoms with Crippen molar-refractivity contribution in [2.75, 3.05) is 11.9 Å². The average Bonchev–Trinajstić information content (AvgIpc) is 2.56. The van der Waals surface area contributed by atoms with Gasteiger partial charge in [0.1, 0.15) is 6.23 Å². The van der Waals surface area contributed by atoms with Crippen LogP contribution in [0.2, 0.25) is 0 Å². The molecule has 1 saturated heterocycles. The summed E-state index contributed by atoms with van der Waals surface area (Å²) in [5.74, 6) is 1.25. The third-order valence-electron chi connectivity index (χ3n) is 3.24. The Balaban J connectivity index is 1.97. The fourth-order valence-corrected chi connectivity index (χ4v) is 2.55. The fourth-order valence-electron chi connectivity index (χ4n) is 2.55. The largest absolute Gasteiger partial charge is 0.359 e. The van der Waals surface area contributed by atoms with Gasteiger partial charge in [-0.15, -0.1) is 0 Å². The van der Waals surface area contributed by atoms with E-state index in [9.17, 15) is 0 Å². The van der Waals surface area contributed by atoms with Crippen molar-refractivity contribution in [3.8, 4) is 0 Å². The lowest BCUT2D eigenvalue weighted by Gasteiger charge is -2.30. The van der Waals surface area contributed by atoms with Crippen LogP contribution < -0.4 is 5.32 Å². The highest BCUT2D eigenvalue weighted by atomic mass is 16.5. The lowest BCUT2D eigenvalue weighted by Crippen LogP contribution is -2.32. The predicted octanol–water partition coefficient (Wildman–Crippen LogP) is 2.58. The summed E-state index contributed by atoms with van der Waals surface area (Å²) in [7, 11) is 0. The van der Waals surface area contributed by atoms with Crippen molar-refractivity contribution in [3.63, 3.8) is 0 Å². The number of ether oxygens (including phenoxy) is 1. The van der Waals surface area contributed by atoms with Crippen molar-refractivity contribution >= 4 is 5.69 Å². The van der Waals surface area contributed by atoms with Gasteiger partial charge in [-0.2, -0.15) is 0 Å². The Morgan fingerprint density at radius 2 is 2.21 bits per heavy atom. The number of hydrogen-bond acceptors (Lipinski definition) is 2. The first-order valence-corrected chi connectivity index (χ1v) is 5.31. The van der Waals surface area contributed by atoms with E-state index in [0.717, 1.165) is 6.61 Å². The highest BCUT2D eigenvalue weighted by Gasteiger charge is 2.36. The van der Waals surface area contributed by atoms with Gasteiger partial charge in [0.2, 0.25) is 0 Å². The minimum Gasteiger partial charge on any atom is -0.359 e. The summed E-state index contributed by atoms with van der Waals surface area (Å²) in [5.41, 5.74) is 2.70. The molecule has 1 aromatic carbocycles. The second-order valence-corrected chi connectivity index (χ2v) is 4.43. The van der Waals surface area contributed by atoms with Gasteiger partial charge >= 0.3 is 0 Å². The zero-order valence-electron chi connectivity index (χ0n) is 8.36. The molecule has 0 aliphatic carbocycles. The molecule has 0 saturated carbocycles. The lowest BCUT2D eigenvalue weighted by atomic mass is 9.88. The molecule has 0 bridgehead atoms. The van der Waals surface area contributed by atoms with E-state index in [0.29, 0.717) is 11.8 Å². The highest BCUT2D eigenvalue weighted by molar-refractivity contribution is 5.58. The molecule has 2 aliphatic rings. The van der Waals surface area contributed by atoms with Gasteiger partial charge in [-0.1, -0.05) is 25.1 Å². The summed E-state index contributed by atoms with van der Waals surface area (Å²) < 4.78 is 5.79. The summed E-state index contributed by atoms with van der Waals surface area (Å²) in [6, 6.07) is 8.55. The highest BCUT2D eigenvalue weighted by Crippen LogP contribution is 2.42. The van der Waals surface area contributed by atoms with E-state index >= 15 is 0 Å². The lowest BCUT2D eigenvalue weighted by molar-refractivity contribution is -0.00527. The average molecular weight is 189 g/mol. The molecule has 2 heteroatoms. The van der Waals surface area contributed by atoms with E-state index in [2.05, 4.69) is 36.5 Å². The van der Waals surface area contributed by atoms with Crippen molar-refractivity contribution in [2.24, 2.45) is 5.92 Å². The number of fused-ring (bicyclic) bond motifs is 3. The van der Waals surface area contributed by atoms with Crippen molar-refractivity contribution in [1.29, 1.82) is 0 Å². The number of nitrogens with one attached hydrogen (secondary N) is 1. The van der Waals surface area contributed by atoms with Gasteiger partial charge in [-0.3, -0.25) is 0 Å². The standard InChI is InChI=1S/C12H15NO/c1-8-6-10-9-4-2-3-5-11(9)13-12(10)14-7-8/h2-5,8,10,12-13H,6-7H2,1H3. The number of anilines is 1. The number of para-hydroxylation sites is 1. The van der Waals surface area contributed by atoms with Crippen molar-refractivity contribution < 1.29 is 4.74 Å². The zero-order valence-corrected chi connectivity index (χ0v) is 8.36. The molecule has 0 radical (unpaired) electrons. The van der Waals surface area contributed by atoms with E-state index in [1.165, 1.54) is 17.7 Å². The third kappa shape index (κ3) is 1.14. The van der Waals surface area contributed by atoms with E-state index in [4.69, 9.17) is 4.74 Å². The molecule has 0 aromatic heterocycles. The summed E-state index contributed by atoms with van der Waals surface area (Å²) in [5, 5.41) is 3.43. The van der Waals surface area contributed by atoms with E-state index in [1.807, 2.05) is 0 Å². The Morgan fingerprint density at radius 3 is 3.14 bits per heavy atom. The second-order valence-electron chi connectivity index (χ2n) is 4.43. The van der Waals surface area contributed by atoms with Gasteiger partial charge in [-0.25, -0.2) is 0 Å². The summed E-state index contributed by atoms with van der Waals surface area (Å²) in [6.07, 6.45) is 1.47. The van der Waals surface area contributed by atoms with Crippen LogP contribution in [0.25, 0.3) is 0 Å². The topological polar surface area (TPSA) is 21.3 Å². The summed E-state index contributed by atoms with van der Waals surface area (Å²) in [6.45, 7) is 3.15. The van der Waals surface area contributed by atoms with Gasteiger partial charge in [0.25, 0.3) is 0 Å². The molecule has 1 N–H and O–H groups in total. The molecule has 2 aliphatic heterocycles. The van der Waals surface area contributed by atoms with Crippen LogP contribution in [0.15, 0.2) is 24.3 Å². The monoisotopic (exact) mass is 189 g/mol. The first kappa shape index (κ1) is 8.30. The van der Waals surface area contributed by atoms with Crippen molar-refractivity contribution in [3.05, 3.63) is 29.8 Å². The van der Waals surface area contributed by atoms with Crippen LogP contribution in [0.1, 0.15) is 24.8 Å². The first-order chi connectivity index (χ1) is 6.84. The van der Waals surface area contributed by atoms with Gasteiger partial charge in [0.15, 0.2) is 0 Å². The Hall–Kier alpha value is -1.02. The predicted molar refractivity (Wildman–Crippen MR) is 56.3 cm³/mol. The van der Waals surface area contributed by atoms with Crippen LogP contribution in [0, 0.1) is 5.92 Å². The van der Waals surface area contributed by atoms with Crippen LogP contribution in [0.4, 0.5) is 5.69 Å². The Labute approximate surface area is 84.3 Å². The minimum absolute atomic E-state index is 0.226. The van der Waals surface area contributed by atoms with E-state index < -0.39 is 0 Å². The Bertz CT molecular complexity index is 350. The Morgan fingerprint density at radius 1 is 1.36 bits per heavy atom. The molecule has 2 nitrogen and oxygen atoms in total. The van der Waals surface area contributed by atoms with Crippen LogP contribution in [-0.2, 0) is 4.74 Å². The molecule has 2 heterocycles. The van der Waals surface area contributed by atoms with Gasteiger partial charge in [0, 0.05) is 11.6 Å². The molecule has 3 atom stereocenters. The maximum atomic E-state index is 5.79. The van der Waals surface area contributed by atoms with Crippen LogP contribution in [0.5, 0.6) is 0 Å². The molecule has 1 aromatic rings. The molecule has 3 rings (SSSR count). The maximum Gasteiger partial charge on any atom is 0.134 e. The number of hydrogen-bond donors (Lipinski definition) is 1. The molecular formula is C12H15NO. The quantitative estimate of drug-likeness (QED) is 0.677. The van der Waals surface area contributed by atoms with Crippen molar-refractivity contribution in [2.45, 2.75) is 25.5 Å². The van der Waals surface area contributed by atoms with Gasteiger partial charge in [-0.05, 0) is 24.0 Å². The normalized spacial score (nSPS) is 34.5. The SMILES string of the molecule is CC1COC2Nc3ccccc3C2C1. The smallest absolute Gasteiger partial charge is 0.134 e. The molecule has 74 valence electrons. The molecule has 1 fully saturated rings. The fraction of sp³-hybridized carbons (Fsp3) is 0.500.